The van der Waals surface area contributed by atoms with Crippen molar-refractivity contribution < 1.29 is 9.53 Å². The van der Waals surface area contributed by atoms with Crippen molar-refractivity contribution in [2.24, 2.45) is 5.92 Å². The van der Waals surface area contributed by atoms with Gasteiger partial charge in [0.15, 0.2) is 0 Å². The molecule has 8 nitrogen and oxygen atoms in total. The summed E-state index contributed by atoms with van der Waals surface area (Å²) in [6.07, 6.45) is 5.03. The molecule has 0 spiro atoms. The summed E-state index contributed by atoms with van der Waals surface area (Å²) in [4.78, 5) is 27.2. The van der Waals surface area contributed by atoms with Gasteiger partial charge in [-0.15, -0.1) is 0 Å². The molecule has 170 valence electrons. The van der Waals surface area contributed by atoms with Crippen LogP contribution in [-0.2, 0) is 4.79 Å². The van der Waals surface area contributed by atoms with Gasteiger partial charge in [0.1, 0.15) is 29.3 Å². The fraction of sp³-hybridized carbons (Fsp3) is 0.231. The number of anilines is 2. The molecule has 1 saturated heterocycles. The SMILES string of the molecule is Cc1c[nH]c2ncnc(N3CCC(C(=O)Nc4cccc(Oc5ccc(C#N)cc5)c4)CC3)c12. The zero-order valence-corrected chi connectivity index (χ0v) is 18.8. The van der Waals surface area contributed by atoms with Crippen molar-refractivity contribution in [2.45, 2.75) is 19.8 Å². The number of hydrogen-bond donors (Lipinski definition) is 2. The first-order chi connectivity index (χ1) is 16.6. The molecule has 0 unspecified atom stereocenters. The van der Waals surface area contributed by atoms with E-state index >= 15 is 0 Å². The maximum absolute atomic E-state index is 12.9. The molecule has 0 saturated carbocycles. The van der Waals surface area contributed by atoms with Crippen LogP contribution in [0, 0.1) is 24.2 Å². The number of ether oxygens (including phenoxy) is 1. The molecule has 1 aliphatic heterocycles. The number of rotatable bonds is 5. The van der Waals surface area contributed by atoms with Crippen LogP contribution >= 0.6 is 0 Å². The van der Waals surface area contributed by atoms with Crippen LogP contribution in [-0.4, -0.2) is 33.9 Å². The zero-order valence-electron chi connectivity index (χ0n) is 18.8. The minimum atomic E-state index is -0.0657. The van der Waals surface area contributed by atoms with E-state index in [0.717, 1.165) is 48.3 Å². The topological polar surface area (TPSA) is 107 Å². The molecule has 34 heavy (non-hydrogen) atoms. The number of carbonyl (C=O) groups excluding carboxylic acids is 1. The maximum Gasteiger partial charge on any atom is 0.227 e. The molecule has 0 bridgehead atoms. The number of nitrogens with one attached hydrogen (secondary N) is 2. The summed E-state index contributed by atoms with van der Waals surface area (Å²) < 4.78 is 5.86. The lowest BCUT2D eigenvalue weighted by atomic mass is 9.95. The summed E-state index contributed by atoms with van der Waals surface area (Å²) in [6, 6.07) is 16.3. The number of hydrogen-bond acceptors (Lipinski definition) is 6. The van der Waals surface area contributed by atoms with E-state index in [1.54, 1.807) is 36.7 Å². The number of H-pyrrole nitrogens is 1. The molecule has 8 heteroatoms. The Hall–Kier alpha value is -4.38. The predicted octanol–water partition coefficient (Wildman–Crippen LogP) is 4.79. The number of benzene rings is 2. The average molecular weight is 453 g/mol. The second-order valence-corrected chi connectivity index (χ2v) is 8.41. The fourth-order valence-corrected chi connectivity index (χ4v) is 4.31. The molecule has 0 atom stereocenters. The van der Waals surface area contributed by atoms with Gasteiger partial charge >= 0.3 is 0 Å². The molecule has 3 heterocycles. The summed E-state index contributed by atoms with van der Waals surface area (Å²) in [5.41, 5.74) is 3.23. The van der Waals surface area contributed by atoms with E-state index in [1.807, 2.05) is 31.3 Å². The molecule has 4 aromatic rings. The molecule has 5 rings (SSSR count). The van der Waals surface area contributed by atoms with Gasteiger partial charge in [0.25, 0.3) is 0 Å². The third kappa shape index (κ3) is 4.41. The van der Waals surface area contributed by atoms with Crippen LogP contribution in [0.1, 0.15) is 24.0 Å². The van der Waals surface area contributed by atoms with E-state index in [-0.39, 0.29) is 11.8 Å². The molecule has 1 aliphatic rings. The number of aromatic nitrogens is 3. The van der Waals surface area contributed by atoms with Crippen LogP contribution in [0.2, 0.25) is 0 Å². The molecular formula is C26H24N6O2. The largest absolute Gasteiger partial charge is 0.457 e. The van der Waals surface area contributed by atoms with E-state index < -0.39 is 0 Å². The second kappa shape index (κ2) is 9.24. The summed E-state index contributed by atoms with van der Waals surface area (Å²) in [5.74, 6) is 2.12. The smallest absolute Gasteiger partial charge is 0.227 e. The first-order valence-electron chi connectivity index (χ1n) is 11.2. The number of nitrogens with zero attached hydrogens (tertiary/aromatic N) is 4. The molecule has 1 fully saturated rings. The van der Waals surface area contributed by atoms with E-state index in [4.69, 9.17) is 10.00 Å². The number of aryl methyl sites for hydroxylation is 1. The predicted molar refractivity (Wildman–Crippen MR) is 130 cm³/mol. The van der Waals surface area contributed by atoms with Gasteiger partial charge in [0.2, 0.25) is 5.91 Å². The van der Waals surface area contributed by atoms with Crippen molar-refractivity contribution in [2.75, 3.05) is 23.3 Å². The molecule has 2 N–H and O–H groups in total. The summed E-state index contributed by atoms with van der Waals surface area (Å²) in [6.45, 7) is 3.57. The average Bonchev–Trinajstić information content (AvgIpc) is 3.26. The highest BCUT2D eigenvalue weighted by atomic mass is 16.5. The number of aromatic amines is 1. The Morgan fingerprint density at radius 2 is 1.94 bits per heavy atom. The van der Waals surface area contributed by atoms with Gasteiger partial charge in [0.05, 0.1) is 17.0 Å². The molecule has 0 radical (unpaired) electrons. The van der Waals surface area contributed by atoms with Gasteiger partial charge in [-0.2, -0.15) is 5.26 Å². The minimum Gasteiger partial charge on any atom is -0.457 e. The Labute approximate surface area is 197 Å². The van der Waals surface area contributed by atoms with Crippen LogP contribution < -0.4 is 15.0 Å². The van der Waals surface area contributed by atoms with Crippen molar-refractivity contribution >= 4 is 28.4 Å². The van der Waals surface area contributed by atoms with Crippen LogP contribution in [0.25, 0.3) is 11.0 Å². The number of amides is 1. The highest BCUT2D eigenvalue weighted by molar-refractivity contribution is 5.93. The molecule has 1 amide bonds. The van der Waals surface area contributed by atoms with Crippen molar-refractivity contribution in [1.82, 2.24) is 15.0 Å². The summed E-state index contributed by atoms with van der Waals surface area (Å²) >= 11 is 0. The third-order valence-electron chi connectivity index (χ3n) is 6.13. The van der Waals surface area contributed by atoms with Crippen LogP contribution in [0.15, 0.2) is 61.1 Å². The first kappa shape index (κ1) is 21.5. The van der Waals surface area contributed by atoms with Gasteiger partial charge in [0, 0.05) is 37.0 Å². The van der Waals surface area contributed by atoms with Crippen molar-refractivity contribution in [3.63, 3.8) is 0 Å². The van der Waals surface area contributed by atoms with Gasteiger partial charge in [-0.3, -0.25) is 4.79 Å². The third-order valence-corrected chi connectivity index (χ3v) is 6.13. The van der Waals surface area contributed by atoms with Gasteiger partial charge < -0.3 is 19.9 Å². The second-order valence-electron chi connectivity index (χ2n) is 8.41. The Bertz CT molecular complexity index is 1360. The van der Waals surface area contributed by atoms with Gasteiger partial charge in [-0.1, -0.05) is 6.07 Å². The van der Waals surface area contributed by atoms with Crippen LogP contribution in [0.3, 0.4) is 0 Å². The summed E-state index contributed by atoms with van der Waals surface area (Å²) in [7, 11) is 0. The number of carbonyl (C=O) groups is 1. The van der Waals surface area contributed by atoms with E-state index in [1.165, 1.54) is 0 Å². The van der Waals surface area contributed by atoms with Crippen molar-refractivity contribution in [3.8, 4) is 17.6 Å². The lowest BCUT2D eigenvalue weighted by molar-refractivity contribution is -0.120. The fourth-order valence-electron chi connectivity index (χ4n) is 4.31. The van der Waals surface area contributed by atoms with E-state index in [2.05, 4.69) is 31.2 Å². The quantitative estimate of drug-likeness (QED) is 0.451. The van der Waals surface area contributed by atoms with Crippen LogP contribution in [0.5, 0.6) is 11.5 Å². The maximum atomic E-state index is 12.9. The number of nitriles is 1. The highest BCUT2D eigenvalue weighted by Gasteiger charge is 2.27. The number of piperidine rings is 1. The standard InChI is InChI=1S/C26H24N6O2/c1-17-15-28-24-23(17)25(30-16-29-24)32-11-9-19(10-12-32)26(33)31-20-3-2-4-22(13-20)34-21-7-5-18(14-27)6-8-21/h2-8,13,15-16,19H,9-12H2,1H3,(H,31,33)(H,28,29,30). The summed E-state index contributed by atoms with van der Waals surface area (Å²) in [5, 5.41) is 13.0. The minimum absolute atomic E-state index is 0.0147. The lowest BCUT2D eigenvalue weighted by Crippen LogP contribution is -2.38. The first-order valence-corrected chi connectivity index (χ1v) is 11.2. The number of fused-ring (bicyclic) bond motifs is 1. The monoisotopic (exact) mass is 452 g/mol. The molecular weight excluding hydrogens is 428 g/mol. The van der Waals surface area contributed by atoms with E-state index in [0.29, 0.717) is 22.7 Å². The Balaban J connectivity index is 1.20. The molecule has 0 aliphatic carbocycles. The van der Waals surface area contributed by atoms with Crippen molar-refractivity contribution in [1.29, 1.82) is 5.26 Å². The normalized spacial score (nSPS) is 14.1. The zero-order chi connectivity index (χ0) is 23.5. The van der Waals surface area contributed by atoms with Gasteiger partial charge in [-0.25, -0.2) is 9.97 Å². The highest BCUT2D eigenvalue weighted by Crippen LogP contribution is 2.30. The van der Waals surface area contributed by atoms with Gasteiger partial charge in [-0.05, 0) is 61.7 Å². The Kier molecular flexibility index (Phi) is 5.83. The van der Waals surface area contributed by atoms with Crippen LogP contribution in [0.4, 0.5) is 11.5 Å². The van der Waals surface area contributed by atoms with E-state index in [9.17, 15) is 4.79 Å². The Morgan fingerprint density at radius 1 is 1.15 bits per heavy atom. The van der Waals surface area contributed by atoms with Crippen molar-refractivity contribution in [3.05, 3.63) is 72.2 Å². The lowest BCUT2D eigenvalue weighted by Gasteiger charge is -2.32. The molecule has 2 aromatic heterocycles. The Morgan fingerprint density at radius 3 is 2.71 bits per heavy atom. The molecule has 2 aromatic carbocycles.